The van der Waals surface area contributed by atoms with Gasteiger partial charge in [-0.2, -0.15) is 0 Å². The van der Waals surface area contributed by atoms with Gasteiger partial charge in [0, 0.05) is 5.56 Å². The number of halogens is 1. The Kier molecular flexibility index (Phi) is 3.31. The molecule has 3 heteroatoms. The van der Waals surface area contributed by atoms with Crippen molar-refractivity contribution in [2.45, 2.75) is 0 Å². The smallest absolute Gasteiger partial charge is 0.126 e. The van der Waals surface area contributed by atoms with Crippen molar-refractivity contribution in [3.05, 3.63) is 35.8 Å². The first-order valence-corrected chi connectivity index (χ1v) is 3.81. The van der Waals surface area contributed by atoms with Gasteiger partial charge in [0.2, 0.25) is 0 Å². The predicted molar refractivity (Wildman–Crippen MR) is 49.0 cm³/mol. The summed E-state index contributed by atoms with van der Waals surface area (Å²) in [5, 5.41) is 0. The first-order chi connectivity index (χ1) is 6.27. The molecule has 0 N–H and O–H groups in total. The van der Waals surface area contributed by atoms with E-state index in [0.29, 0.717) is 11.3 Å². The van der Waals surface area contributed by atoms with Crippen molar-refractivity contribution in [1.82, 2.24) is 0 Å². The van der Waals surface area contributed by atoms with E-state index in [1.807, 2.05) is 0 Å². The lowest BCUT2D eigenvalue weighted by Gasteiger charge is -2.03. The van der Waals surface area contributed by atoms with Gasteiger partial charge in [-0.3, -0.25) is 0 Å². The SMILES string of the molecule is COC=Cc1cc(F)ccc1OC. The van der Waals surface area contributed by atoms with E-state index in [1.165, 1.54) is 32.6 Å². The summed E-state index contributed by atoms with van der Waals surface area (Å²) in [6.45, 7) is 0. The topological polar surface area (TPSA) is 18.5 Å². The molecule has 0 heterocycles. The highest BCUT2D eigenvalue weighted by molar-refractivity contribution is 5.56. The molecule has 0 bridgehead atoms. The number of rotatable bonds is 3. The third kappa shape index (κ3) is 2.47. The third-order valence-corrected chi connectivity index (χ3v) is 1.58. The molecule has 0 radical (unpaired) electrons. The van der Waals surface area contributed by atoms with E-state index < -0.39 is 0 Å². The van der Waals surface area contributed by atoms with E-state index in [4.69, 9.17) is 9.47 Å². The number of benzene rings is 1. The van der Waals surface area contributed by atoms with Crippen molar-refractivity contribution in [3.63, 3.8) is 0 Å². The Bertz CT molecular complexity index is 308. The largest absolute Gasteiger partial charge is 0.504 e. The van der Waals surface area contributed by atoms with Crippen LogP contribution in [0.25, 0.3) is 6.08 Å². The summed E-state index contributed by atoms with van der Waals surface area (Å²) in [7, 11) is 3.07. The molecule has 1 aromatic carbocycles. The fourth-order valence-corrected chi connectivity index (χ4v) is 0.977. The van der Waals surface area contributed by atoms with Crippen LogP contribution in [0.5, 0.6) is 5.75 Å². The molecule has 0 amide bonds. The quantitative estimate of drug-likeness (QED) is 0.668. The summed E-state index contributed by atoms with van der Waals surface area (Å²) < 4.78 is 22.5. The first-order valence-electron chi connectivity index (χ1n) is 3.81. The number of ether oxygens (including phenoxy) is 2. The molecule has 0 saturated heterocycles. The van der Waals surface area contributed by atoms with Crippen LogP contribution in [0.15, 0.2) is 24.5 Å². The van der Waals surface area contributed by atoms with Crippen molar-refractivity contribution in [1.29, 1.82) is 0 Å². The normalized spacial score (nSPS) is 10.4. The molecule has 13 heavy (non-hydrogen) atoms. The highest BCUT2D eigenvalue weighted by Crippen LogP contribution is 2.20. The van der Waals surface area contributed by atoms with Crippen LogP contribution in [0.4, 0.5) is 4.39 Å². The lowest BCUT2D eigenvalue weighted by atomic mass is 10.2. The highest BCUT2D eigenvalue weighted by Gasteiger charge is 2.00. The minimum atomic E-state index is -0.295. The first kappa shape index (κ1) is 9.58. The second-order valence-corrected chi connectivity index (χ2v) is 2.42. The fourth-order valence-electron chi connectivity index (χ4n) is 0.977. The Morgan fingerprint density at radius 2 is 2.08 bits per heavy atom. The Morgan fingerprint density at radius 3 is 2.69 bits per heavy atom. The predicted octanol–water partition coefficient (Wildman–Crippen LogP) is 2.45. The second-order valence-electron chi connectivity index (χ2n) is 2.42. The van der Waals surface area contributed by atoms with Gasteiger partial charge >= 0.3 is 0 Å². The molecule has 0 atom stereocenters. The number of hydrogen-bond acceptors (Lipinski definition) is 2. The Balaban J connectivity index is 3.01. The van der Waals surface area contributed by atoms with Crippen LogP contribution < -0.4 is 4.74 Å². The van der Waals surface area contributed by atoms with Gasteiger partial charge in [-0.1, -0.05) is 0 Å². The van der Waals surface area contributed by atoms with Crippen LogP contribution in [0.1, 0.15) is 5.56 Å². The Hall–Kier alpha value is -1.51. The molecule has 70 valence electrons. The highest BCUT2D eigenvalue weighted by atomic mass is 19.1. The van der Waals surface area contributed by atoms with E-state index in [9.17, 15) is 4.39 Å². The van der Waals surface area contributed by atoms with E-state index in [0.717, 1.165) is 0 Å². The molecule has 0 spiro atoms. The van der Waals surface area contributed by atoms with Crippen LogP contribution in [-0.2, 0) is 4.74 Å². The van der Waals surface area contributed by atoms with Crippen LogP contribution in [-0.4, -0.2) is 14.2 Å². The zero-order valence-electron chi connectivity index (χ0n) is 7.58. The lowest BCUT2D eigenvalue weighted by Crippen LogP contribution is -1.87. The summed E-state index contributed by atoms with van der Waals surface area (Å²) in [6.07, 6.45) is 3.11. The molecule has 0 aromatic heterocycles. The van der Waals surface area contributed by atoms with E-state index >= 15 is 0 Å². The standard InChI is InChI=1S/C10H11FO2/c1-12-6-5-8-7-9(11)3-4-10(8)13-2/h3-7H,1-2H3. The molecule has 1 rings (SSSR count). The van der Waals surface area contributed by atoms with Gasteiger partial charge in [0.1, 0.15) is 11.6 Å². The van der Waals surface area contributed by atoms with Gasteiger partial charge < -0.3 is 9.47 Å². The molecule has 0 fully saturated rings. The zero-order valence-corrected chi connectivity index (χ0v) is 7.58. The van der Waals surface area contributed by atoms with Crippen molar-refractivity contribution < 1.29 is 13.9 Å². The Morgan fingerprint density at radius 1 is 1.31 bits per heavy atom. The Labute approximate surface area is 76.6 Å². The number of hydrogen-bond donors (Lipinski definition) is 0. The number of methoxy groups -OCH3 is 2. The average Bonchev–Trinajstić information content (AvgIpc) is 2.15. The average molecular weight is 182 g/mol. The summed E-state index contributed by atoms with van der Waals surface area (Å²) in [5.74, 6) is 0.325. The molecular formula is C10H11FO2. The molecule has 0 unspecified atom stereocenters. The van der Waals surface area contributed by atoms with E-state index in [2.05, 4.69) is 0 Å². The van der Waals surface area contributed by atoms with Crippen LogP contribution >= 0.6 is 0 Å². The maximum absolute atomic E-state index is 12.8. The molecule has 1 aromatic rings. The van der Waals surface area contributed by atoms with Crippen LogP contribution in [0.3, 0.4) is 0 Å². The minimum Gasteiger partial charge on any atom is -0.504 e. The van der Waals surface area contributed by atoms with Gasteiger partial charge in [-0.05, 0) is 24.3 Å². The lowest BCUT2D eigenvalue weighted by molar-refractivity contribution is 0.341. The molecule has 0 aliphatic heterocycles. The fraction of sp³-hybridized carbons (Fsp3) is 0.200. The molecular weight excluding hydrogens is 171 g/mol. The van der Waals surface area contributed by atoms with Crippen molar-refractivity contribution in [2.75, 3.05) is 14.2 Å². The molecule has 2 nitrogen and oxygen atoms in total. The monoisotopic (exact) mass is 182 g/mol. The van der Waals surface area contributed by atoms with Crippen molar-refractivity contribution >= 4 is 6.08 Å². The summed E-state index contributed by atoms with van der Waals surface area (Å²) in [5.41, 5.74) is 0.657. The van der Waals surface area contributed by atoms with Gasteiger partial charge in [-0.25, -0.2) is 4.39 Å². The van der Waals surface area contributed by atoms with Crippen LogP contribution in [0, 0.1) is 5.82 Å². The van der Waals surface area contributed by atoms with Gasteiger partial charge in [0.15, 0.2) is 0 Å². The van der Waals surface area contributed by atoms with E-state index in [-0.39, 0.29) is 5.82 Å². The maximum Gasteiger partial charge on any atom is 0.126 e. The summed E-state index contributed by atoms with van der Waals surface area (Å²) in [6, 6.07) is 4.31. The third-order valence-electron chi connectivity index (χ3n) is 1.58. The molecule has 0 saturated carbocycles. The van der Waals surface area contributed by atoms with Gasteiger partial charge in [0.05, 0.1) is 20.5 Å². The van der Waals surface area contributed by atoms with Crippen LogP contribution in [0.2, 0.25) is 0 Å². The van der Waals surface area contributed by atoms with Gasteiger partial charge in [-0.15, -0.1) is 0 Å². The second kappa shape index (κ2) is 4.50. The summed E-state index contributed by atoms with van der Waals surface area (Å²) in [4.78, 5) is 0. The summed E-state index contributed by atoms with van der Waals surface area (Å²) >= 11 is 0. The molecule has 0 aliphatic rings. The van der Waals surface area contributed by atoms with Gasteiger partial charge in [0.25, 0.3) is 0 Å². The van der Waals surface area contributed by atoms with E-state index in [1.54, 1.807) is 12.1 Å². The van der Waals surface area contributed by atoms with Crippen molar-refractivity contribution in [3.8, 4) is 5.75 Å². The minimum absolute atomic E-state index is 0.295. The van der Waals surface area contributed by atoms with Crippen molar-refractivity contribution in [2.24, 2.45) is 0 Å². The maximum atomic E-state index is 12.8. The molecule has 0 aliphatic carbocycles. The zero-order chi connectivity index (χ0) is 9.68.